The molecule has 0 aliphatic carbocycles. The summed E-state index contributed by atoms with van der Waals surface area (Å²) in [4.78, 5) is 15.1. The van der Waals surface area contributed by atoms with Gasteiger partial charge in [0, 0.05) is 36.9 Å². The van der Waals surface area contributed by atoms with Crippen molar-refractivity contribution in [1.29, 1.82) is 0 Å². The van der Waals surface area contributed by atoms with Crippen LogP contribution in [0.2, 0.25) is 0 Å². The van der Waals surface area contributed by atoms with E-state index in [1.807, 2.05) is 41.7 Å². The second kappa shape index (κ2) is 14.1. The highest BCUT2D eigenvalue weighted by Crippen LogP contribution is 2.40. The van der Waals surface area contributed by atoms with Gasteiger partial charge in [0.25, 0.3) is 0 Å². The summed E-state index contributed by atoms with van der Waals surface area (Å²) in [6.45, 7) is 0. The van der Waals surface area contributed by atoms with Crippen LogP contribution >= 0.6 is 11.3 Å². The van der Waals surface area contributed by atoms with Crippen molar-refractivity contribution < 1.29 is 0 Å². The van der Waals surface area contributed by atoms with Gasteiger partial charge >= 0.3 is 0 Å². The fourth-order valence-electron chi connectivity index (χ4n) is 7.33. The normalized spacial score (nSPS) is 11.3. The molecule has 0 spiro atoms. The minimum atomic E-state index is 0.638. The van der Waals surface area contributed by atoms with Crippen LogP contribution < -0.4 is 0 Å². The number of aromatic nitrogens is 3. The van der Waals surface area contributed by atoms with E-state index in [0.29, 0.717) is 17.5 Å². The lowest BCUT2D eigenvalue weighted by Gasteiger charge is -2.11. The maximum Gasteiger partial charge on any atom is 0.164 e. The Bertz CT molecular complexity index is 2950. The third-order valence-electron chi connectivity index (χ3n) is 10.2. The molecule has 258 valence electrons. The largest absolute Gasteiger partial charge is 0.208 e. The highest BCUT2D eigenvalue weighted by molar-refractivity contribution is 7.26. The predicted molar refractivity (Wildman–Crippen MR) is 231 cm³/mol. The highest BCUT2D eigenvalue weighted by atomic mass is 32.1. The number of nitrogens with zero attached hydrogens (tertiary/aromatic N) is 3. The number of hydrogen-bond donors (Lipinski definition) is 0. The van der Waals surface area contributed by atoms with Crippen molar-refractivity contribution in [1.82, 2.24) is 15.0 Å². The van der Waals surface area contributed by atoms with E-state index in [0.717, 1.165) is 27.8 Å². The van der Waals surface area contributed by atoms with E-state index < -0.39 is 0 Å². The zero-order chi connectivity index (χ0) is 36.6. The first-order valence-electron chi connectivity index (χ1n) is 18.4. The number of fused-ring (bicyclic) bond motifs is 3. The van der Waals surface area contributed by atoms with Gasteiger partial charge in [-0.15, -0.1) is 11.3 Å². The smallest absolute Gasteiger partial charge is 0.164 e. The third-order valence-corrected chi connectivity index (χ3v) is 11.4. The predicted octanol–water partition coefficient (Wildman–Crippen LogP) is 13.9. The van der Waals surface area contributed by atoms with E-state index in [2.05, 4.69) is 170 Å². The molecule has 55 heavy (non-hydrogen) atoms. The average molecular weight is 720 g/mol. The quantitative estimate of drug-likeness (QED) is 0.165. The van der Waals surface area contributed by atoms with Crippen molar-refractivity contribution in [2.45, 2.75) is 0 Å². The topological polar surface area (TPSA) is 38.7 Å². The summed E-state index contributed by atoms with van der Waals surface area (Å²) in [6, 6.07) is 70.5. The molecule has 0 fully saturated rings. The molecule has 0 unspecified atom stereocenters. The van der Waals surface area contributed by atoms with Gasteiger partial charge in [-0.1, -0.05) is 182 Å². The van der Waals surface area contributed by atoms with Gasteiger partial charge in [-0.25, -0.2) is 15.0 Å². The number of hydrogen-bond acceptors (Lipinski definition) is 4. The first kappa shape index (κ1) is 32.6. The summed E-state index contributed by atoms with van der Waals surface area (Å²) in [5.74, 6) is 1.93. The van der Waals surface area contributed by atoms with Crippen molar-refractivity contribution in [3.05, 3.63) is 200 Å². The van der Waals surface area contributed by atoms with E-state index in [1.54, 1.807) is 0 Å². The molecule has 0 saturated carbocycles. The summed E-state index contributed by atoms with van der Waals surface area (Å²) < 4.78 is 2.61. The Morgan fingerprint density at radius 2 is 0.673 bits per heavy atom. The Morgan fingerprint density at radius 1 is 0.273 bits per heavy atom. The zero-order valence-corrected chi connectivity index (χ0v) is 30.6. The molecule has 8 aromatic carbocycles. The van der Waals surface area contributed by atoms with Gasteiger partial charge in [0.15, 0.2) is 17.5 Å². The fourth-order valence-corrected chi connectivity index (χ4v) is 8.56. The van der Waals surface area contributed by atoms with Gasteiger partial charge in [0.05, 0.1) is 0 Å². The van der Waals surface area contributed by atoms with Gasteiger partial charge in [0.1, 0.15) is 0 Å². The molecule has 0 amide bonds. The number of thiophene rings is 1. The molecule has 0 aliphatic heterocycles. The van der Waals surface area contributed by atoms with Crippen LogP contribution in [0.5, 0.6) is 0 Å². The molecule has 4 heteroatoms. The van der Waals surface area contributed by atoms with Crippen molar-refractivity contribution >= 4 is 31.5 Å². The SMILES string of the molecule is c1ccc(-c2cccc(-c3ccc(-c4cccc(-c5nc(-c6ccccc6)nc(-c6ccc(-c7cccc8c7sc7ccccc78)cc6)n5)c4)cc3)c2)cc1. The molecule has 0 N–H and O–H groups in total. The molecule has 0 bridgehead atoms. The minimum Gasteiger partial charge on any atom is -0.208 e. The van der Waals surface area contributed by atoms with Crippen LogP contribution in [-0.2, 0) is 0 Å². The lowest BCUT2D eigenvalue weighted by Crippen LogP contribution is -2.00. The molecule has 0 radical (unpaired) electrons. The van der Waals surface area contributed by atoms with Gasteiger partial charge < -0.3 is 0 Å². The molecule has 10 rings (SSSR count). The van der Waals surface area contributed by atoms with Gasteiger partial charge in [-0.05, 0) is 62.7 Å². The second-order valence-corrected chi connectivity index (χ2v) is 14.7. The number of rotatable bonds is 7. The van der Waals surface area contributed by atoms with Gasteiger partial charge in [-0.2, -0.15) is 0 Å². The van der Waals surface area contributed by atoms with Crippen molar-refractivity contribution in [3.63, 3.8) is 0 Å². The highest BCUT2D eigenvalue weighted by Gasteiger charge is 2.15. The Balaban J connectivity index is 0.988. The minimum absolute atomic E-state index is 0.638. The summed E-state index contributed by atoms with van der Waals surface area (Å²) in [6.07, 6.45) is 0. The van der Waals surface area contributed by atoms with Crippen LogP contribution in [-0.4, -0.2) is 15.0 Å². The van der Waals surface area contributed by atoms with Crippen LogP contribution in [0.1, 0.15) is 0 Å². The fraction of sp³-hybridized carbons (Fsp3) is 0. The molecule has 2 heterocycles. The van der Waals surface area contributed by atoms with E-state index in [9.17, 15) is 0 Å². The van der Waals surface area contributed by atoms with Crippen molar-refractivity contribution in [2.75, 3.05) is 0 Å². The first-order chi connectivity index (χ1) is 27.2. The Kier molecular flexibility index (Phi) is 8.36. The van der Waals surface area contributed by atoms with Crippen molar-refractivity contribution in [2.24, 2.45) is 0 Å². The first-order valence-corrected chi connectivity index (χ1v) is 19.2. The summed E-state index contributed by atoms with van der Waals surface area (Å²) in [7, 11) is 0. The standard InChI is InChI=1S/C51H33N3S/c1-3-12-34(13-4-1)40-16-9-17-41(32-40)35-24-26-36(27-25-35)42-18-10-19-43(33-42)51-53-49(38-14-5-2-6-15-38)52-50(54-51)39-30-28-37(29-31-39)44-21-11-22-46-45-20-7-8-23-47(45)55-48(44)46/h1-33H. The summed E-state index contributed by atoms with van der Waals surface area (Å²) in [5.41, 5.74) is 12.3. The van der Waals surface area contributed by atoms with Gasteiger partial charge in [-0.3, -0.25) is 0 Å². The molecule has 2 aromatic heterocycles. The second-order valence-electron chi connectivity index (χ2n) is 13.6. The Hall–Kier alpha value is -7.01. The molecular formula is C51H33N3S. The van der Waals surface area contributed by atoms with Crippen LogP contribution in [0.4, 0.5) is 0 Å². The van der Waals surface area contributed by atoms with E-state index in [-0.39, 0.29) is 0 Å². The lowest BCUT2D eigenvalue weighted by atomic mass is 9.96. The Labute approximate surface area is 323 Å². The van der Waals surface area contributed by atoms with E-state index >= 15 is 0 Å². The van der Waals surface area contributed by atoms with E-state index in [4.69, 9.17) is 15.0 Å². The van der Waals surface area contributed by atoms with Crippen LogP contribution in [0, 0.1) is 0 Å². The number of benzene rings is 8. The molecule has 0 saturated heterocycles. The van der Waals surface area contributed by atoms with Crippen LogP contribution in [0.25, 0.3) is 98.8 Å². The zero-order valence-electron chi connectivity index (χ0n) is 29.8. The monoisotopic (exact) mass is 719 g/mol. The summed E-state index contributed by atoms with van der Waals surface area (Å²) >= 11 is 1.85. The maximum atomic E-state index is 5.08. The molecule has 0 atom stereocenters. The Morgan fingerprint density at radius 3 is 1.31 bits per heavy atom. The lowest BCUT2D eigenvalue weighted by molar-refractivity contribution is 1.07. The average Bonchev–Trinajstić information content (AvgIpc) is 3.66. The molecular weight excluding hydrogens is 687 g/mol. The molecule has 3 nitrogen and oxygen atoms in total. The third kappa shape index (κ3) is 6.39. The maximum absolute atomic E-state index is 5.08. The van der Waals surface area contributed by atoms with Crippen molar-refractivity contribution in [3.8, 4) is 78.7 Å². The van der Waals surface area contributed by atoms with Crippen LogP contribution in [0.3, 0.4) is 0 Å². The van der Waals surface area contributed by atoms with Crippen LogP contribution in [0.15, 0.2) is 200 Å². The summed E-state index contributed by atoms with van der Waals surface area (Å²) in [5, 5.41) is 2.60. The van der Waals surface area contributed by atoms with Gasteiger partial charge in [0.2, 0.25) is 0 Å². The van der Waals surface area contributed by atoms with E-state index in [1.165, 1.54) is 53.6 Å². The molecule has 10 aromatic rings. The molecule has 0 aliphatic rings.